The van der Waals surface area contributed by atoms with Crippen LogP contribution < -0.4 is 0 Å². The van der Waals surface area contributed by atoms with Gasteiger partial charge in [-0.2, -0.15) is 0 Å². The molecule has 4 rings (SSSR count). The quantitative estimate of drug-likeness (QED) is 0.303. The summed E-state index contributed by atoms with van der Waals surface area (Å²) in [6, 6.07) is 26.7. The number of carboxylic acids is 1. The first-order chi connectivity index (χ1) is 16.7. The van der Waals surface area contributed by atoms with Crippen molar-refractivity contribution in [3.05, 3.63) is 83.9 Å². The number of hydrogen-bond donors (Lipinski definition) is 1. The Morgan fingerprint density at radius 2 is 1.23 bits per heavy atom. The highest BCUT2D eigenvalue weighted by Gasteiger charge is 2.12. The molecule has 0 saturated heterocycles. The second-order valence-corrected chi connectivity index (χ2v) is 9.53. The van der Waals surface area contributed by atoms with Crippen molar-refractivity contribution in [2.45, 2.75) is 79.7 Å². The highest BCUT2D eigenvalue weighted by molar-refractivity contribution is 6.08. The molecule has 1 heterocycles. The van der Waals surface area contributed by atoms with Crippen molar-refractivity contribution in [3.63, 3.8) is 0 Å². The first-order valence-electron chi connectivity index (χ1n) is 13.0. The number of para-hydroxylation sites is 2. The summed E-state index contributed by atoms with van der Waals surface area (Å²) in [7, 11) is 0. The van der Waals surface area contributed by atoms with Crippen LogP contribution in [0.4, 0.5) is 0 Å². The number of aliphatic carboxylic acids is 1. The Labute approximate surface area is 211 Å². The maximum Gasteiger partial charge on any atom is 0.306 e. The van der Waals surface area contributed by atoms with Crippen LogP contribution in [0.3, 0.4) is 0 Å². The molecule has 0 fully saturated rings. The molecule has 0 aliphatic carbocycles. The van der Waals surface area contributed by atoms with Gasteiger partial charge in [0.1, 0.15) is 0 Å². The van der Waals surface area contributed by atoms with Crippen molar-refractivity contribution in [1.82, 2.24) is 4.57 Å². The van der Waals surface area contributed by atoms with Crippen LogP contribution >= 0.6 is 0 Å². The second kappa shape index (κ2) is 13.7. The fraction of sp³-hybridized carbons (Fsp3) is 0.406. The third-order valence-electron chi connectivity index (χ3n) is 6.94. The number of rotatable bonds is 6. The van der Waals surface area contributed by atoms with Gasteiger partial charge in [-0.1, -0.05) is 101 Å². The van der Waals surface area contributed by atoms with Crippen molar-refractivity contribution in [2.24, 2.45) is 5.92 Å². The van der Waals surface area contributed by atoms with Gasteiger partial charge in [-0.15, -0.1) is 0 Å². The zero-order valence-electron chi connectivity index (χ0n) is 22.6. The number of hydrogen-bond acceptors (Lipinski definition) is 1. The van der Waals surface area contributed by atoms with Crippen LogP contribution in [0.1, 0.15) is 83.9 Å². The summed E-state index contributed by atoms with van der Waals surface area (Å²) in [6.45, 7) is 14.7. The zero-order valence-corrected chi connectivity index (χ0v) is 22.6. The van der Waals surface area contributed by atoms with Gasteiger partial charge in [0.05, 0.1) is 5.92 Å². The molecule has 0 spiro atoms. The molecule has 3 aromatic carbocycles. The van der Waals surface area contributed by atoms with E-state index < -0.39 is 5.97 Å². The number of carboxylic acid groups (broad SMARTS) is 1. The Morgan fingerprint density at radius 1 is 0.743 bits per heavy atom. The molecule has 0 amide bonds. The van der Waals surface area contributed by atoms with Crippen LogP contribution in [0, 0.1) is 12.8 Å². The van der Waals surface area contributed by atoms with Crippen molar-refractivity contribution in [1.29, 1.82) is 0 Å². The summed E-state index contributed by atoms with van der Waals surface area (Å²) < 4.78 is 2.46. The Balaban J connectivity index is 0.000000207. The molecule has 35 heavy (non-hydrogen) atoms. The number of carbonyl (C=O) groups is 1. The van der Waals surface area contributed by atoms with Crippen molar-refractivity contribution in [2.75, 3.05) is 0 Å². The summed E-state index contributed by atoms with van der Waals surface area (Å²) >= 11 is 0. The lowest BCUT2D eigenvalue weighted by Gasteiger charge is -2.14. The van der Waals surface area contributed by atoms with E-state index in [0.717, 1.165) is 12.8 Å². The Kier molecular flexibility index (Phi) is 11.0. The molecule has 3 unspecified atom stereocenters. The second-order valence-electron chi connectivity index (χ2n) is 9.53. The molecule has 0 saturated carbocycles. The third kappa shape index (κ3) is 7.45. The van der Waals surface area contributed by atoms with Crippen molar-refractivity contribution >= 4 is 27.8 Å². The van der Waals surface area contributed by atoms with Gasteiger partial charge in [-0.05, 0) is 56.7 Å². The first-order valence-corrected chi connectivity index (χ1v) is 13.0. The van der Waals surface area contributed by atoms with Gasteiger partial charge >= 0.3 is 5.97 Å². The molecule has 0 radical (unpaired) electrons. The lowest BCUT2D eigenvalue weighted by atomic mass is 9.98. The van der Waals surface area contributed by atoms with E-state index in [1.807, 2.05) is 6.92 Å². The fourth-order valence-corrected chi connectivity index (χ4v) is 3.92. The number of aryl methyl sites for hydroxylation is 1. The fourth-order valence-electron chi connectivity index (χ4n) is 3.92. The molecule has 3 heteroatoms. The topological polar surface area (TPSA) is 42.2 Å². The van der Waals surface area contributed by atoms with E-state index in [4.69, 9.17) is 5.11 Å². The molecule has 188 valence electrons. The van der Waals surface area contributed by atoms with Gasteiger partial charge in [-0.3, -0.25) is 4.79 Å². The lowest BCUT2D eigenvalue weighted by Crippen LogP contribution is -2.06. The number of benzene rings is 3. The average Bonchev–Trinajstić information content (AvgIpc) is 3.23. The summed E-state index contributed by atoms with van der Waals surface area (Å²) in [5.74, 6) is -0.182. The van der Waals surface area contributed by atoms with Crippen LogP contribution in [0.5, 0.6) is 0 Å². The predicted molar refractivity (Wildman–Crippen MR) is 151 cm³/mol. The normalized spacial score (nSPS) is 13.2. The minimum Gasteiger partial charge on any atom is -0.481 e. The number of aromatic nitrogens is 1. The van der Waals surface area contributed by atoms with Gasteiger partial charge in [0.2, 0.25) is 0 Å². The highest BCUT2D eigenvalue weighted by Crippen LogP contribution is 2.32. The Morgan fingerprint density at radius 3 is 1.60 bits per heavy atom. The molecule has 3 nitrogen and oxygen atoms in total. The molecular weight excluding hydrogens is 430 g/mol. The smallest absolute Gasteiger partial charge is 0.306 e. The Bertz CT molecular complexity index is 1140. The summed E-state index contributed by atoms with van der Waals surface area (Å²) in [5, 5.41) is 10.9. The molecule has 3 atom stereocenters. The van der Waals surface area contributed by atoms with E-state index in [2.05, 4.69) is 112 Å². The number of fused-ring (bicyclic) bond motifs is 3. The predicted octanol–water partition coefficient (Wildman–Crippen LogP) is 9.39. The van der Waals surface area contributed by atoms with Crippen LogP contribution in [-0.2, 0) is 4.79 Å². The first kappa shape index (κ1) is 28.2. The SMILES string of the molecule is CCC(C)C(=O)O.CCC(C)c1ccc(C)cc1.CCC(C)n1c2ccccc2c2ccccc21. The summed E-state index contributed by atoms with van der Waals surface area (Å²) in [6.07, 6.45) is 3.10. The van der Waals surface area contributed by atoms with Crippen LogP contribution in [0.25, 0.3) is 21.8 Å². The maximum atomic E-state index is 9.93. The van der Waals surface area contributed by atoms with E-state index in [1.165, 1.54) is 39.4 Å². The highest BCUT2D eigenvalue weighted by atomic mass is 16.4. The van der Waals surface area contributed by atoms with Gasteiger partial charge in [0.25, 0.3) is 0 Å². The molecule has 0 aliphatic rings. The Hall–Kier alpha value is -3.07. The van der Waals surface area contributed by atoms with E-state index in [9.17, 15) is 4.79 Å². The van der Waals surface area contributed by atoms with Crippen molar-refractivity contribution < 1.29 is 9.90 Å². The van der Waals surface area contributed by atoms with E-state index in [1.54, 1.807) is 6.92 Å². The summed E-state index contributed by atoms with van der Waals surface area (Å²) in [4.78, 5) is 9.93. The monoisotopic (exact) mass is 473 g/mol. The molecule has 0 aliphatic heterocycles. The van der Waals surface area contributed by atoms with E-state index >= 15 is 0 Å². The molecule has 4 aromatic rings. The van der Waals surface area contributed by atoms with Crippen LogP contribution in [0.15, 0.2) is 72.8 Å². The van der Waals surface area contributed by atoms with Gasteiger partial charge in [-0.25, -0.2) is 0 Å². The zero-order chi connectivity index (χ0) is 26.0. The molecule has 0 bridgehead atoms. The van der Waals surface area contributed by atoms with Crippen molar-refractivity contribution in [3.8, 4) is 0 Å². The number of nitrogens with zero attached hydrogens (tertiary/aromatic N) is 1. The minimum atomic E-state index is -0.706. The van der Waals surface area contributed by atoms with Gasteiger partial charge < -0.3 is 9.67 Å². The standard InChI is InChI=1S/C16H17N.C11H16.C5H10O2/c1-3-12(2)17-15-10-6-4-8-13(15)14-9-5-7-11-16(14)17;1-4-10(3)11-7-5-9(2)6-8-11;1-3-4(2)5(6)7/h4-12H,3H2,1-2H3;5-8,10H,4H2,1-3H3;4H,3H2,1-2H3,(H,6,7). The van der Waals surface area contributed by atoms with E-state index in [0.29, 0.717) is 12.0 Å². The lowest BCUT2D eigenvalue weighted by molar-refractivity contribution is -0.141. The van der Waals surface area contributed by atoms with Crippen LogP contribution in [0.2, 0.25) is 0 Å². The average molecular weight is 474 g/mol. The maximum absolute atomic E-state index is 9.93. The van der Waals surface area contributed by atoms with Crippen LogP contribution in [-0.4, -0.2) is 15.6 Å². The molecular formula is C32H43NO2. The largest absolute Gasteiger partial charge is 0.481 e. The molecule has 1 aromatic heterocycles. The molecule has 1 N–H and O–H groups in total. The van der Waals surface area contributed by atoms with Gasteiger partial charge in [0, 0.05) is 27.8 Å². The van der Waals surface area contributed by atoms with E-state index in [-0.39, 0.29) is 5.92 Å². The third-order valence-corrected chi connectivity index (χ3v) is 6.94. The summed E-state index contributed by atoms with van der Waals surface area (Å²) in [5.41, 5.74) is 5.50. The minimum absolute atomic E-state index is 0.181. The van der Waals surface area contributed by atoms with Gasteiger partial charge in [0.15, 0.2) is 0 Å².